The molecule has 19 heavy (non-hydrogen) atoms. The van der Waals surface area contributed by atoms with E-state index >= 15 is 0 Å². The highest BCUT2D eigenvalue weighted by atomic mass is 14.9. The molecule has 0 aromatic heterocycles. The lowest BCUT2D eigenvalue weighted by molar-refractivity contribution is 0.268. The zero-order valence-electron chi connectivity index (χ0n) is 13.1. The molecule has 1 aliphatic rings. The summed E-state index contributed by atoms with van der Waals surface area (Å²) in [6, 6.07) is 7.30. The molecule has 1 aliphatic carbocycles. The first-order valence-electron chi connectivity index (χ1n) is 7.81. The van der Waals surface area contributed by atoms with E-state index in [0.29, 0.717) is 11.5 Å². The van der Waals surface area contributed by atoms with Crippen LogP contribution in [0.4, 0.5) is 0 Å². The fraction of sp³-hybridized carbons (Fsp3) is 0.667. The minimum atomic E-state index is 0.501. The van der Waals surface area contributed by atoms with Gasteiger partial charge in [0.05, 0.1) is 0 Å². The van der Waals surface area contributed by atoms with E-state index in [9.17, 15) is 0 Å². The van der Waals surface area contributed by atoms with Gasteiger partial charge in [-0.2, -0.15) is 0 Å². The van der Waals surface area contributed by atoms with Gasteiger partial charge in [-0.3, -0.25) is 0 Å². The molecule has 1 heteroatoms. The third-order valence-electron chi connectivity index (χ3n) is 4.75. The standard InChI is InChI=1S/C18H29N/c1-14(2)19-13-18(10-5-6-11-18)12-17-15(3)8-7-9-16(17)4/h7-9,14,19H,5-6,10-13H2,1-4H3. The summed E-state index contributed by atoms with van der Waals surface area (Å²) in [6.07, 6.45) is 6.85. The van der Waals surface area contributed by atoms with E-state index in [-0.39, 0.29) is 0 Å². The highest BCUT2D eigenvalue weighted by molar-refractivity contribution is 5.34. The molecule has 0 radical (unpaired) electrons. The Balaban J connectivity index is 2.16. The van der Waals surface area contributed by atoms with Crippen LogP contribution in [0.5, 0.6) is 0 Å². The molecular formula is C18H29N. The molecule has 1 nitrogen and oxygen atoms in total. The van der Waals surface area contributed by atoms with Gasteiger partial charge in [0.15, 0.2) is 0 Å². The summed E-state index contributed by atoms with van der Waals surface area (Å²) in [5.74, 6) is 0. The van der Waals surface area contributed by atoms with Crippen LogP contribution >= 0.6 is 0 Å². The Morgan fingerprint density at radius 1 is 1.11 bits per heavy atom. The summed E-state index contributed by atoms with van der Waals surface area (Å²) in [6.45, 7) is 10.2. The van der Waals surface area contributed by atoms with Crippen molar-refractivity contribution in [1.29, 1.82) is 0 Å². The summed E-state index contributed by atoms with van der Waals surface area (Å²) >= 11 is 0. The van der Waals surface area contributed by atoms with Crippen LogP contribution in [0, 0.1) is 19.3 Å². The topological polar surface area (TPSA) is 12.0 Å². The quantitative estimate of drug-likeness (QED) is 0.826. The van der Waals surface area contributed by atoms with Crippen molar-refractivity contribution in [3.8, 4) is 0 Å². The third kappa shape index (κ3) is 3.60. The molecule has 0 aliphatic heterocycles. The fourth-order valence-corrected chi connectivity index (χ4v) is 3.46. The molecule has 0 saturated heterocycles. The molecule has 1 fully saturated rings. The second-order valence-electron chi connectivity index (χ2n) is 6.79. The minimum Gasteiger partial charge on any atom is -0.314 e. The average Bonchev–Trinajstić information content (AvgIpc) is 2.81. The first-order valence-corrected chi connectivity index (χ1v) is 7.81. The molecule has 1 N–H and O–H groups in total. The highest BCUT2D eigenvalue weighted by Crippen LogP contribution is 2.41. The molecule has 0 atom stereocenters. The van der Waals surface area contributed by atoms with Crippen molar-refractivity contribution in [2.45, 2.75) is 65.8 Å². The zero-order chi connectivity index (χ0) is 13.9. The molecule has 106 valence electrons. The lowest BCUT2D eigenvalue weighted by atomic mass is 9.77. The van der Waals surface area contributed by atoms with Crippen molar-refractivity contribution in [3.05, 3.63) is 34.9 Å². The van der Waals surface area contributed by atoms with E-state index in [1.54, 1.807) is 5.56 Å². The predicted molar refractivity (Wildman–Crippen MR) is 83.7 cm³/mol. The number of rotatable bonds is 5. The summed E-state index contributed by atoms with van der Waals surface area (Å²) in [5.41, 5.74) is 5.03. The molecule has 1 aromatic carbocycles. The second-order valence-corrected chi connectivity index (χ2v) is 6.79. The predicted octanol–water partition coefficient (Wildman–Crippen LogP) is 4.40. The molecule has 1 aromatic rings. The van der Waals surface area contributed by atoms with Crippen LogP contribution in [0.1, 0.15) is 56.2 Å². The van der Waals surface area contributed by atoms with E-state index in [2.05, 4.69) is 51.2 Å². The van der Waals surface area contributed by atoms with Gasteiger partial charge in [-0.15, -0.1) is 0 Å². The van der Waals surface area contributed by atoms with Gasteiger partial charge in [0.25, 0.3) is 0 Å². The zero-order valence-corrected chi connectivity index (χ0v) is 13.1. The highest BCUT2D eigenvalue weighted by Gasteiger charge is 2.34. The maximum absolute atomic E-state index is 3.69. The van der Waals surface area contributed by atoms with Gasteiger partial charge < -0.3 is 5.32 Å². The molecule has 0 spiro atoms. The van der Waals surface area contributed by atoms with E-state index < -0.39 is 0 Å². The minimum absolute atomic E-state index is 0.501. The monoisotopic (exact) mass is 259 g/mol. The Labute approximate surface area is 118 Å². The van der Waals surface area contributed by atoms with Gasteiger partial charge in [-0.05, 0) is 55.2 Å². The van der Waals surface area contributed by atoms with Crippen LogP contribution in [-0.4, -0.2) is 12.6 Å². The maximum atomic E-state index is 3.69. The van der Waals surface area contributed by atoms with Crippen LogP contribution in [0.15, 0.2) is 18.2 Å². The Bertz CT molecular complexity index is 393. The lowest BCUT2D eigenvalue weighted by Crippen LogP contribution is -2.37. The fourth-order valence-electron chi connectivity index (χ4n) is 3.46. The molecular weight excluding hydrogens is 230 g/mol. The van der Waals surface area contributed by atoms with Crippen molar-refractivity contribution >= 4 is 0 Å². The van der Waals surface area contributed by atoms with E-state index in [1.807, 2.05) is 0 Å². The summed E-state index contributed by atoms with van der Waals surface area (Å²) in [5, 5.41) is 3.69. The largest absolute Gasteiger partial charge is 0.314 e. The number of hydrogen-bond acceptors (Lipinski definition) is 1. The molecule has 0 heterocycles. The van der Waals surface area contributed by atoms with E-state index in [1.165, 1.54) is 49.8 Å². The molecule has 2 rings (SSSR count). The van der Waals surface area contributed by atoms with Crippen LogP contribution in [0.2, 0.25) is 0 Å². The number of aryl methyl sites for hydroxylation is 2. The van der Waals surface area contributed by atoms with Gasteiger partial charge in [-0.25, -0.2) is 0 Å². The number of hydrogen-bond donors (Lipinski definition) is 1. The van der Waals surface area contributed by atoms with Crippen LogP contribution < -0.4 is 5.32 Å². The Morgan fingerprint density at radius 3 is 2.21 bits per heavy atom. The van der Waals surface area contributed by atoms with Crippen LogP contribution in [0.25, 0.3) is 0 Å². The molecule has 0 unspecified atom stereocenters. The first kappa shape index (κ1) is 14.6. The van der Waals surface area contributed by atoms with Crippen molar-refractivity contribution in [2.24, 2.45) is 5.41 Å². The lowest BCUT2D eigenvalue weighted by Gasteiger charge is -2.32. The van der Waals surface area contributed by atoms with Gasteiger partial charge in [0.1, 0.15) is 0 Å². The second kappa shape index (κ2) is 6.09. The van der Waals surface area contributed by atoms with Crippen molar-refractivity contribution in [1.82, 2.24) is 5.32 Å². The Morgan fingerprint density at radius 2 is 1.68 bits per heavy atom. The van der Waals surface area contributed by atoms with E-state index in [0.717, 1.165) is 0 Å². The molecule has 1 saturated carbocycles. The van der Waals surface area contributed by atoms with Gasteiger partial charge in [0, 0.05) is 12.6 Å². The number of nitrogens with one attached hydrogen (secondary N) is 1. The van der Waals surface area contributed by atoms with Crippen molar-refractivity contribution in [3.63, 3.8) is 0 Å². The van der Waals surface area contributed by atoms with Gasteiger partial charge in [-0.1, -0.05) is 44.9 Å². The van der Waals surface area contributed by atoms with Crippen LogP contribution in [0.3, 0.4) is 0 Å². The number of benzene rings is 1. The summed E-state index contributed by atoms with van der Waals surface area (Å²) < 4.78 is 0. The Hall–Kier alpha value is -0.820. The van der Waals surface area contributed by atoms with Gasteiger partial charge in [0.2, 0.25) is 0 Å². The molecule has 0 amide bonds. The SMILES string of the molecule is Cc1cccc(C)c1CC1(CNC(C)C)CCCC1. The third-order valence-corrected chi connectivity index (χ3v) is 4.75. The average molecular weight is 259 g/mol. The maximum Gasteiger partial charge on any atom is 0.00134 e. The van der Waals surface area contributed by atoms with Gasteiger partial charge >= 0.3 is 0 Å². The summed E-state index contributed by atoms with van der Waals surface area (Å²) in [7, 11) is 0. The normalized spacial score (nSPS) is 18.2. The van der Waals surface area contributed by atoms with Crippen LogP contribution in [-0.2, 0) is 6.42 Å². The first-order chi connectivity index (χ1) is 9.02. The smallest absolute Gasteiger partial charge is 0.00134 e. The Kier molecular flexibility index (Phi) is 4.67. The van der Waals surface area contributed by atoms with Crippen molar-refractivity contribution in [2.75, 3.05) is 6.54 Å². The van der Waals surface area contributed by atoms with Crippen molar-refractivity contribution < 1.29 is 0 Å². The summed E-state index contributed by atoms with van der Waals surface area (Å²) in [4.78, 5) is 0. The molecule has 0 bridgehead atoms. The van der Waals surface area contributed by atoms with E-state index in [4.69, 9.17) is 0 Å².